The van der Waals surface area contributed by atoms with Crippen LogP contribution in [0.25, 0.3) is 11.2 Å². The van der Waals surface area contributed by atoms with E-state index in [0.29, 0.717) is 30.2 Å². The molecule has 2 aliphatic rings. The second-order valence-electron chi connectivity index (χ2n) is 7.69. The van der Waals surface area contributed by atoms with Gasteiger partial charge in [-0.2, -0.15) is 0 Å². The largest absolute Gasteiger partial charge is 0.468 e. The number of hydrogen-bond donors (Lipinski definition) is 4. The molecular formula is C18H26N6O5S. The molecule has 2 aromatic heterocycles. The highest BCUT2D eigenvalue weighted by Crippen LogP contribution is 2.32. The lowest BCUT2D eigenvalue weighted by atomic mass is 10.1. The van der Waals surface area contributed by atoms with Crippen molar-refractivity contribution in [3.8, 4) is 0 Å². The molecule has 0 saturated carbocycles. The number of imidazole rings is 1. The minimum absolute atomic E-state index is 0.00335. The van der Waals surface area contributed by atoms with Crippen LogP contribution in [0.4, 0.5) is 5.82 Å². The SMILES string of the molecule is CC(C)NC(=S)OC[C@H]1OC(n2cnc3c(N[C@@H]4CCOC4)ncnc32)[C@H](O)[C@@H]1O. The first-order valence-corrected chi connectivity index (χ1v) is 10.3. The highest BCUT2D eigenvalue weighted by Gasteiger charge is 2.45. The monoisotopic (exact) mass is 438 g/mol. The maximum absolute atomic E-state index is 10.6. The molecule has 0 aliphatic carbocycles. The Morgan fingerprint density at radius 1 is 1.33 bits per heavy atom. The third-order valence-corrected chi connectivity index (χ3v) is 5.26. The van der Waals surface area contributed by atoms with E-state index in [1.807, 2.05) is 13.8 Å². The highest BCUT2D eigenvalue weighted by atomic mass is 32.1. The van der Waals surface area contributed by atoms with E-state index in [4.69, 9.17) is 26.4 Å². The number of hydrogen-bond acceptors (Lipinski definition) is 10. The summed E-state index contributed by atoms with van der Waals surface area (Å²) >= 11 is 5.10. The Balaban J connectivity index is 1.48. The number of nitrogens with one attached hydrogen (secondary N) is 2. The molecule has 0 spiro atoms. The van der Waals surface area contributed by atoms with Crippen LogP contribution >= 0.6 is 12.2 Å². The van der Waals surface area contributed by atoms with Crippen molar-refractivity contribution < 1.29 is 24.4 Å². The smallest absolute Gasteiger partial charge is 0.256 e. The van der Waals surface area contributed by atoms with E-state index in [2.05, 4.69) is 25.6 Å². The van der Waals surface area contributed by atoms with Crippen LogP contribution in [0.5, 0.6) is 0 Å². The Hall–Kier alpha value is -2.12. The molecule has 2 aliphatic heterocycles. The number of anilines is 1. The number of nitrogens with zero attached hydrogens (tertiary/aromatic N) is 4. The average Bonchev–Trinajstić information content (AvgIpc) is 3.42. The van der Waals surface area contributed by atoms with Crippen molar-refractivity contribution in [3.63, 3.8) is 0 Å². The molecule has 4 N–H and O–H groups in total. The fourth-order valence-corrected chi connectivity index (χ4v) is 3.82. The zero-order valence-corrected chi connectivity index (χ0v) is 17.6. The lowest BCUT2D eigenvalue weighted by Crippen LogP contribution is -2.37. The number of aromatic nitrogens is 4. The van der Waals surface area contributed by atoms with E-state index in [0.717, 1.165) is 6.42 Å². The molecule has 11 nitrogen and oxygen atoms in total. The maximum Gasteiger partial charge on any atom is 0.256 e. The molecule has 30 heavy (non-hydrogen) atoms. The molecule has 5 atom stereocenters. The highest BCUT2D eigenvalue weighted by molar-refractivity contribution is 7.80. The third kappa shape index (κ3) is 4.32. The molecule has 2 saturated heterocycles. The van der Waals surface area contributed by atoms with Crippen LogP contribution in [0.3, 0.4) is 0 Å². The van der Waals surface area contributed by atoms with Crippen LogP contribution in [0, 0.1) is 0 Å². The van der Waals surface area contributed by atoms with Gasteiger partial charge in [-0.1, -0.05) is 0 Å². The van der Waals surface area contributed by atoms with Gasteiger partial charge >= 0.3 is 0 Å². The van der Waals surface area contributed by atoms with Crippen LogP contribution in [-0.4, -0.2) is 85.1 Å². The number of ether oxygens (including phenoxy) is 3. The molecule has 4 rings (SSSR count). The van der Waals surface area contributed by atoms with Crippen LogP contribution < -0.4 is 10.6 Å². The van der Waals surface area contributed by atoms with Gasteiger partial charge < -0.3 is 35.1 Å². The molecule has 1 unspecified atom stereocenters. The molecule has 2 fully saturated rings. The minimum Gasteiger partial charge on any atom is -0.468 e. The normalized spacial score (nSPS) is 28.9. The molecular weight excluding hydrogens is 412 g/mol. The van der Waals surface area contributed by atoms with Crippen molar-refractivity contribution in [2.45, 2.75) is 56.9 Å². The fraction of sp³-hybridized carbons (Fsp3) is 0.667. The fourth-order valence-electron chi connectivity index (χ4n) is 3.52. The van der Waals surface area contributed by atoms with E-state index >= 15 is 0 Å². The number of fused-ring (bicyclic) bond motifs is 1. The molecule has 0 bridgehead atoms. The third-order valence-electron chi connectivity index (χ3n) is 5.03. The van der Waals surface area contributed by atoms with Crippen LogP contribution in [-0.2, 0) is 14.2 Å². The first kappa shape index (κ1) is 21.1. The first-order valence-electron chi connectivity index (χ1n) is 9.90. The van der Waals surface area contributed by atoms with E-state index < -0.39 is 24.5 Å². The summed E-state index contributed by atoms with van der Waals surface area (Å²) < 4.78 is 18.3. The molecule has 4 heterocycles. The van der Waals surface area contributed by atoms with Gasteiger partial charge in [0.2, 0.25) is 0 Å². The Bertz CT molecular complexity index is 889. The van der Waals surface area contributed by atoms with Crippen molar-refractivity contribution in [3.05, 3.63) is 12.7 Å². The lowest BCUT2D eigenvalue weighted by molar-refractivity contribution is -0.0491. The van der Waals surface area contributed by atoms with Gasteiger partial charge in [-0.15, -0.1) is 0 Å². The molecule has 0 aromatic carbocycles. The Labute approximate surface area is 178 Å². The average molecular weight is 439 g/mol. The van der Waals surface area contributed by atoms with Gasteiger partial charge in [-0.25, -0.2) is 15.0 Å². The van der Waals surface area contributed by atoms with Crippen LogP contribution in [0.2, 0.25) is 0 Å². The zero-order chi connectivity index (χ0) is 21.3. The number of rotatable bonds is 6. The lowest BCUT2D eigenvalue weighted by Gasteiger charge is -2.18. The summed E-state index contributed by atoms with van der Waals surface area (Å²) in [7, 11) is 0. The zero-order valence-electron chi connectivity index (χ0n) is 16.8. The summed E-state index contributed by atoms with van der Waals surface area (Å²) in [6.07, 6.45) is -0.135. The molecule has 12 heteroatoms. The van der Waals surface area contributed by atoms with E-state index in [1.54, 1.807) is 4.57 Å². The van der Waals surface area contributed by atoms with Gasteiger partial charge in [-0.3, -0.25) is 4.57 Å². The summed E-state index contributed by atoms with van der Waals surface area (Å²) in [5, 5.41) is 27.5. The Kier molecular flexibility index (Phi) is 6.29. The van der Waals surface area contributed by atoms with Crippen molar-refractivity contribution in [2.24, 2.45) is 0 Å². The van der Waals surface area contributed by atoms with E-state index in [1.165, 1.54) is 12.7 Å². The van der Waals surface area contributed by atoms with Crippen LogP contribution in [0.1, 0.15) is 26.5 Å². The topological polar surface area (TPSA) is 136 Å². The summed E-state index contributed by atoms with van der Waals surface area (Å²) in [6, 6.07) is 0.286. The van der Waals surface area contributed by atoms with Crippen molar-refractivity contribution in [1.82, 2.24) is 24.8 Å². The van der Waals surface area contributed by atoms with Gasteiger partial charge in [-0.05, 0) is 32.5 Å². The molecule has 0 radical (unpaired) electrons. The Morgan fingerprint density at radius 3 is 2.90 bits per heavy atom. The summed E-state index contributed by atoms with van der Waals surface area (Å²) in [4.78, 5) is 13.0. The number of aliphatic hydroxyl groups excluding tert-OH is 2. The quantitative estimate of drug-likeness (QED) is 0.452. The van der Waals surface area contributed by atoms with Crippen LogP contribution in [0.15, 0.2) is 12.7 Å². The summed E-state index contributed by atoms with van der Waals surface area (Å²) in [5.41, 5.74) is 1.04. The van der Waals surface area contributed by atoms with Gasteiger partial charge in [0.1, 0.15) is 31.2 Å². The predicted octanol–water partition coefficient (Wildman–Crippen LogP) is -0.0542. The van der Waals surface area contributed by atoms with Crippen molar-refractivity contribution in [2.75, 3.05) is 25.1 Å². The van der Waals surface area contributed by atoms with Crippen molar-refractivity contribution in [1.29, 1.82) is 0 Å². The minimum atomic E-state index is -1.18. The number of aliphatic hydroxyl groups is 2. The van der Waals surface area contributed by atoms with E-state index in [9.17, 15) is 10.2 Å². The molecule has 164 valence electrons. The summed E-state index contributed by atoms with van der Waals surface area (Å²) in [5.74, 6) is 0.590. The first-order chi connectivity index (χ1) is 14.4. The van der Waals surface area contributed by atoms with Gasteiger partial charge in [0.15, 0.2) is 23.2 Å². The van der Waals surface area contributed by atoms with Gasteiger partial charge in [0.25, 0.3) is 5.17 Å². The van der Waals surface area contributed by atoms with Gasteiger partial charge in [0, 0.05) is 12.6 Å². The van der Waals surface area contributed by atoms with Gasteiger partial charge in [0.05, 0.1) is 19.0 Å². The summed E-state index contributed by atoms with van der Waals surface area (Å²) in [6.45, 7) is 5.19. The van der Waals surface area contributed by atoms with E-state index in [-0.39, 0.29) is 23.9 Å². The predicted molar refractivity (Wildman–Crippen MR) is 111 cm³/mol. The second kappa shape index (κ2) is 8.94. The maximum atomic E-state index is 10.6. The molecule has 2 aromatic rings. The standard InChI is InChI=1S/C18H26N6O5S/c1-9(2)22-18(30)28-6-11-13(25)14(26)17(29-11)24-8-21-12-15(19-7-20-16(12)24)23-10-3-4-27-5-10/h7-11,13-14,17,25-26H,3-6H2,1-2H3,(H,22,30)(H,19,20,23)/t10-,11-,13-,14-,17?/m1/s1. The van der Waals surface area contributed by atoms with Crippen molar-refractivity contribution >= 4 is 34.4 Å². The second-order valence-corrected chi connectivity index (χ2v) is 8.07. The molecule has 0 amide bonds. The number of thiocarbonyl (C=S) groups is 1. The Morgan fingerprint density at radius 2 is 2.17 bits per heavy atom.